The summed E-state index contributed by atoms with van der Waals surface area (Å²) in [7, 11) is 0. The molecule has 114 valence electrons. The second-order valence-electron chi connectivity index (χ2n) is 4.82. The lowest BCUT2D eigenvalue weighted by atomic mass is 10.1. The number of carbonyl (C=O) groups is 1. The van der Waals surface area contributed by atoms with Crippen LogP contribution in [0.3, 0.4) is 0 Å². The molecule has 0 unspecified atom stereocenters. The summed E-state index contributed by atoms with van der Waals surface area (Å²) in [6.07, 6.45) is 3.29. The van der Waals surface area contributed by atoms with Gasteiger partial charge in [0, 0.05) is 23.3 Å². The van der Waals surface area contributed by atoms with Crippen LogP contribution in [0.5, 0.6) is 0 Å². The van der Waals surface area contributed by atoms with Gasteiger partial charge in [-0.3, -0.25) is 14.6 Å². The predicted octanol–water partition coefficient (Wildman–Crippen LogP) is 1.47. The molecule has 3 aromatic rings. The van der Waals surface area contributed by atoms with Crippen LogP contribution in [0.4, 0.5) is 0 Å². The van der Waals surface area contributed by atoms with Crippen molar-refractivity contribution in [3.8, 4) is 0 Å². The molecule has 0 bridgehead atoms. The minimum absolute atomic E-state index is 0.117. The summed E-state index contributed by atoms with van der Waals surface area (Å²) in [5.74, 6) is -0.495. The highest BCUT2D eigenvalue weighted by atomic mass is 16.2. The second kappa shape index (κ2) is 6.18. The number of aromatic amines is 1. The van der Waals surface area contributed by atoms with Gasteiger partial charge in [-0.2, -0.15) is 10.2 Å². The zero-order valence-corrected chi connectivity index (χ0v) is 12.3. The first-order chi connectivity index (χ1) is 11.2. The van der Waals surface area contributed by atoms with Gasteiger partial charge in [0.1, 0.15) is 0 Å². The summed E-state index contributed by atoms with van der Waals surface area (Å²) in [4.78, 5) is 27.9. The standard InChI is InChI=1S/C16H13N5O2/c1-10(11-6-8-17-9-7-11)18-21-16(23)14-12-4-2-3-5-13(12)15(22)20-19-14/h2-9H,1H3,(H,20,22)(H,21,23)/b18-10+. The molecule has 1 aromatic carbocycles. The van der Waals surface area contributed by atoms with Gasteiger partial charge in [-0.1, -0.05) is 18.2 Å². The number of H-pyrrole nitrogens is 1. The van der Waals surface area contributed by atoms with E-state index in [1.165, 1.54) is 0 Å². The maximum Gasteiger partial charge on any atom is 0.292 e. The summed E-state index contributed by atoms with van der Waals surface area (Å²) >= 11 is 0. The Labute approximate surface area is 131 Å². The van der Waals surface area contributed by atoms with Gasteiger partial charge in [0.05, 0.1) is 11.1 Å². The molecule has 7 heteroatoms. The molecule has 23 heavy (non-hydrogen) atoms. The number of hydrogen-bond donors (Lipinski definition) is 2. The molecule has 0 atom stereocenters. The zero-order chi connectivity index (χ0) is 16.2. The SMILES string of the molecule is C/C(=N\NC(=O)c1n[nH]c(=O)c2ccccc12)c1ccncc1. The van der Waals surface area contributed by atoms with Crippen molar-refractivity contribution in [2.24, 2.45) is 5.10 Å². The maximum atomic E-state index is 12.3. The Bertz CT molecular complexity index is 947. The van der Waals surface area contributed by atoms with Gasteiger partial charge in [0.25, 0.3) is 11.5 Å². The highest BCUT2D eigenvalue weighted by Gasteiger charge is 2.13. The molecule has 0 aliphatic heterocycles. The molecule has 2 N–H and O–H groups in total. The van der Waals surface area contributed by atoms with E-state index in [1.807, 2.05) is 0 Å². The summed E-state index contributed by atoms with van der Waals surface area (Å²) in [5, 5.41) is 11.1. The van der Waals surface area contributed by atoms with E-state index in [9.17, 15) is 9.59 Å². The van der Waals surface area contributed by atoms with Crippen LogP contribution in [0, 0.1) is 0 Å². The zero-order valence-electron chi connectivity index (χ0n) is 12.3. The number of pyridine rings is 1. The van der Waals surface area contributed by atoms with E-state index < -0.39 is 5.91 Å². The summed E-state index contributed by atoms with van der Waals surface area (Å²) in [6, 6.07) is 10.4. The second-order valence-corrected chi connectivity index (χ2v) is 4.82. The van der Waals surface area contributed by atoms with Crippen LogP contribution in [-0.4, -0.2) is 26.8 Å². The normalized spacial score (nSPS) is 11.4. The topological polar surface area (TPSA) is 100 Å². The van der Waals surface area contributed by atoms with Gasteiger partial charge in [-0.25, -0.2) is 10.5 Å². The lowest BCUT2D eigenvalue weighted by molar-refractivity contribution is 0.0950. The number of rotatable bonds is 3. The van der Waals surface area contributed by atoms with Crippen molar-refractivity contribution in [2.45, 2.75) is 6.92 Å². The molecular weight excluding hydrogens is 294 g/mol. The fraction of sp³-hybridized carbons (Fsp3) is 0.0625. The van der Waals surface area contributed by atoms with Crippen LogP contribution in [-0.2, 0) is 0 Å². The van der Waals surface area contributed by atoms with Crippen LogP contribution in [0.15, 0.2) is 58.7 Å². The molecule has 1 amide bonds. The monoisotopic (exact) mass is 307 g/mol. The summed E-state index contributed by atoms with van der Waals surface area (Å²) in [6.45, 7) is 1.77. The number of carbonyl (C=O) groups excluding carboxylic acids is 1. The molecule has 2 aromatic heterocycles. The third-order valence-electron chi connectivity index (χ3n) is 3.33. The smallest absolute Gasteiger partial charge is 0.267 e. The number of hydrazone groups is 1. The van der Waals surface area contributed by atoms with Crippen LogP contribution in [0.1, 0.15) is 23.0 Å². The van der Waals surface area contributed by atoms with Crippen LogP contribution >= 0.6 is 0 Å². The Balaban J connectivity index is 1.90. The van der Waals surface area contributed by atoms with Crippen LogP contribution in [0.25, 0.3) is 10.8 Å². The number of hydrogen-bond acceptors (Lipinski definition) is 5. The summed E-state index contributed by atoms with van der Waals surface area (Å²) in [5.41, 5.74) is 3.71. The van der Waals surface area contributed by atoms with Crippen molar-refractivity contribution in [3.63, 3.8) is 0 Å². The fourth-order valence-corrected chi connectivity index (χ4v) is 2.13. The first kappa shape index (κ1) is 14.6. The number of aromatic nitrogens is 3. The lowest BCUT2D eigenvalue weighted by Gasteiger charge is -2.04. The molecular formula is C16H13N5O2. The molecule has 2 heterocycles. The quantitative estimate of drug-likeness (QED) is 0.565. The highest BCUT2D eigenvalue weighted by Crippen LogP contribution is 2.12. The highest BCUT2D eigenvalue weighted by molar-refractivity contribution is 6.05. The van der Waals surface area contributed by atoms with Crippen molar-refractivity contribution >= 4 is 22.4 Å². The Hall–Kier alpha value is -3.35. The average molecular weight is 307 g/mol. The van der Waals surface area contributed by atoms with Gasteiger partial charge >= 0.3 is 0 Å². The van der Waals surface area contributed by atoms with Crippen molar-refractivity contribution in [1.29, 1.82) is 0 Å². The number of fused-ring (bicyclic) bond motifs is 1. The van der Waals surface area contributed by atoms with Gasteiger partial charge in [-0.15, -0.1) is 0 Å². The van der Waals surface area contributed by atoms with Crippen molar-refractivity contribution in [2.75, 3.05) is 0 Å². The van der Waals surface area contributed by atoms with Crippen molar-refractivity contribution in [1.82, 2.24) is 20.6 Å². The van der Waals surface area contributed by atoms with E-state index in [4.69, 9.17) is 0 Å². The third-order valence-corrected chi connectivity index (χ3v) is 3.33. The van der Waals surface area contributed by atoms with Gasteiger partial charge in [-0.05, 0) is 25.1 Å². The van der Waals surface area contributed by atoms with Gasteiger partial charge < -0.3 is 0 Å². The minimum Gasteiger partial charge on any atom is -0.267 e. The Kier molecular flexibility index (Phi) is 3.92. The van der Waals surface area contributed by atoms with E-state index in [2.05, 4.69) is 25.7 Å². The fourth-order valence-electron chi connectivity index (χ4n) is 2.13. The molecule has 0 spiro atoms. The van der Waals surface area contributed by atoms with E-state index >= 15 is 0 Å². The van der Waals surface area contributed by atoms with Gasteiger partial charge in [0.2, 0.25) is 0 Å². The molecule has 0 aliphatic rings. The van der Waals surface area contributed by atoms with Crippen molar-refractivity contribution < 1.29 is 4.79 Å². The van der Waals surface area contributed by atoms with E-state index in [1.54, 1.807) is 55.7 Å². The van der Waals surface area contributed by atoms with Gasteiger partial charge in [0.15, 0.2) is 5.69 Å². The number of amides is 1. The molecule has 7 nitrogen and oxygen atoms in total. The molecule has 0 saturated carbocycles. The molecule has 0 saturated heterocycles. The molecule has 0 aliphatic carbocycles. The first-order valence-electron chi connectivity index (χ1n) is 6.89. The average Bonchev–Trinajstić information content (AvgIpc) is 2.60. The van der Waals surface area contributed by atoms with E-state index in [-0.39, 0.29) is 11.3 Å². The predicted molar refractivity (Wildman–Crippen MR) is 86.3 cm³/mol. The Morgan fingerprint density at radius 1 is 1.13 bits per heavy atom. The Morgan fingerprint density at radius 3 is 2.57 bits per heavy atom. The number of nitrogens with one attached hydrogen (secondary N) is 2. The minimum atomic E-state index is -0.495. The van der Waals surface area contributed by atoms with E-state index in [0.29, 0.717) is 16.5 Å². The van der Waals surface area contributed by atoms with E-state index in [0.717, 1.165) is 5.56 Å². The summed E-state index contributed by atoms with van der Waals surface area (Å²) < 4.78 is 0. The van der Waals surface area contributed by atoms with Crippen LogP contribution in [0.2, 0.25) is 0 Å². The maximum absolute atomic E-state index is 12.3. The number of nitrogens with zero attached hydrogens (tertiary/aromatic N) is 3. The molecule has 0 radical (unpaired) electrons. The molecule has 3 rings (SSSR count). The molecule has 0 fully saturated rings. The third kappa shape index (κ3) is 2.98. The Morgan fingerprint density at radius 2 is 1.83 bits per heavy atom. The van der Waals surface area contributed by atoms with Crippen LogP contribution < -0.4 is 11.0 Å². The lowest BCUT2D eigenvalue weighted by Crippen LogP contribution is -2.23. The number of benzene rings is 1. The largest absolute Gasteiger partial charge is 0.292 e. The first-order valence-corrected chi connectivity index (χ1v) is 6.89. The van der Waals surface area contributed by atoms with Crippen molar-refractivity contribution in [3.05, 3.63) is 70.4 Å².